The Hall–Kier alpha value is -2.04. The normalized spacial score (nSPS) is 13.7. The van der Waals surface area contributed by atoms with Crippen molar-refractivity contribution in [3.05, 3.63) is 59.7 Å². The third-order valence-corrected chi connectivity index (χ3v) is 3.69. The molecule has 0 spiro atoms. The first kappa shape index (κ1) is 16.3. The number of aryl methyl sites for hydroxylation is 1. The first-order valence-corrected chi connectivity index (χ1v) is 7.54. The van der Waals surface area contributed by atoms with E-state index in [1.54, 1.807) is 0 Å². The highest BCUT2D eigenvalue weighted by Crippen LogP contribution is 2.26. The maximum atomic E-state index is 10.3. The minimum atomic E-state index is -0.783. The van der Waals surface area contributed by atoms with E-state index in [-0.39, 0.29) is 17.5 Å². The number of hydrogen-bond acceptors (Lipinski definition) is 4. The topological polar surface area (TPSA) is 72.7 Å². The van der Waals surface area contributed by atoms with Crippen LogP contribution in [0.4, 0.5) is 0 Å². The lowest BCUT2D eigenvalue weighted by Crippen LogP contribution is -2.33. The van der Waals surface area contributed by atoms with Crippen LogP contribution >= 0.6 is 0 Å². The molecule has 4 heteroatoms. The average molecular weight is 301 g/mol. The van der Waals surface area contributed by atoms with E-state index in [2.05, 4.69) is 17.4 Å². The molecule has 0 aliphatic carbocycles. The standard InChI is InChI=1S/C18H23NO3/c1-13(18(22)15-10-16(20)12-17(21)11-15)19-9-5-8-14-6-3-2-4-7-14/h2-4,6-7,10-13,18-22H,5,8-9H2,1H3. The summed E-state index contributed by atoms with van der Waals surface area (Å²) in [5.41, 5.74) is 1.80. The van der Waals surface area contributed by atoms with Crippen molar-refractivity contribution >= 4 is 0 Å². The van der Waals surface area contributed by atoms with Gasteiger partial charge in [-0.3, -0.25) is 0 Å². The summed E-state index contributed by atoms with van der Waals surface area (Å²) in [4.78, 5) is 0. The highest BCUT2D eigenvalue weighted by atomic mass is 16.3. The third-order valence-electron chi connectivity index (χ3n) is 3.69. The molecule has 0 saturated heterocycles. The second-order valence-electron chi connectivity index (χ2n) is 5.56. The summed E-state index contributed by atoms with van der Waals surface area (Å²) in [7, 11) is 0. The molecular formula is C18H23NO3. The van der Waals surface area contributed by atoms with Crippen LogP contribution in [0.1, 0.15) is 30.6 Å². The SMILES string of the molecule is CC(NCCCc1ccccc1)C(O)c1cc(O)cc(O)c1. The predicted octanol–water partition coefficient (Wildman–Crippen LogP) is 2.74. The summed E-state index contributed by atoms with van der Waals surface area (Å²) in [5.74, 6) is -0.101. The van der Waals surface area contributed by atoms with E-state index in [0.717, 1.165) is 19.4 Å². The molecule has 0 aliphatic rings. The average Bonchev–Trinajstić information content (AvgIpc) is 2.50. The molecular weight excluding hydrogens is 278 g/mol. The van der Waals surface area contributed by atoms with E-state index >= 15 is 0 Å². The van der Waals surface area contributed by atoms with Crippen molar-refractivity contribution in [1.82, 2.24) is 5.32 Å². The van der Waals surface area contributed by atoms with Crippen molar-refractivity contribution in [2.75, 3.05) is 6.54 Å². The number of hydrogen-bond donors (Lipinski definition) is 4. The van der Waals surface area contributed by atoms with Crippen molar-refractivity contribution in [2.45, 2.75) is 31.9 Å². The summed E-state index contributed by atoms with van der Waals surface area (Å²) in [6.07, 6.45) is 1.19. The lowest BCUT2D eigenvalue weighted by atomic mass is 10.0. The summed E-state index contributed by atoms with van der Waals surface area (Å²) in [5, 5.41) is 32.5. The van der Waals surface area contributed by atoms with Crippen LogP contribution in [-0.4, -0.2) is 27.9 Å². The summed E-state index contributed by atoms with van der Waals surface area (Å²) in [6.45, 7) is 2.67. The molecule has 0 heterocycles. The molecule has 2 aromatic rings. The Kier molecular flexibility index (Phi) is 5.81. The number of nitrogens with one attached hydrogen (secondary N) is 1. The second-order valence-corrected chi connectivity index (χ2v) is 5.56. The van der Waals surface area contributed by atoms with Crippen LogP contribution in [0, 0.1) is 0 Å². The Bertz CT molecular complexity index is 566. The van der Waals surface area contributed by atoms with Crippen molar-refractivity contribution in [3.8, 4) is 11.5 Å². The number of aliphatic hydroxyl groups is 1. The number of aliphatic hydroxyl groups excluding tert-OH is 1. The van der Waals surface area contributed by atoms with Gasteiger partial charge < -0.3 is 20.6 Å². The Balaban J connectivity index is 1.80. The molecule has 2 unspecified atom stereocenters. The molecule has 0 fully saturated rings. The first-order chi connectivity index (χ1) is 10.6. The van der Waals surface area contributed by atoms with Gasteiger partial charge in [0, 0.05) is 12.1 Å². The lowest BCUT2D eigenvalue weighted by molar-refractivity contribution is 0.135. The van der Waals surface area contributed by atoms with E-state index in [0.29, 0.717) is 5.56 Å². The Morgan fingerprint density at radius 3 is 2.27 bits per heavy atom. The zero-order valence-corrected chi connectivity index (χ0v) is 12.7. The second kappa shape index (κ2) is 7.82. The van der Waals surface area contributed by atoms with Gasteiger partial charge >= 0.3 is 0 Å². The number of phenolic OH excluding ortho intramolecular Hbond substituents is 2. The highest BCUT2D eigenvalue weighted by Gasteiger charge is 2.17. The first-order valence-electron chi connectivity index (χ1n) is 7.54. The fraction of sp³-hybridized carbons (Fsp3) is 0.333. The van der Waals surface area contributed by atoms with Crippen molar-refractivity contribution < 1.29 is 15.3 Å². The van der Waals surface area contributed by atoms with Crippen molar-refractivity contribution in [3.63, 3.8) is 0 Å². The summed E-state index contributed by atoms with van der Waals surface area (Å²) in [6, 6.07) is 14.3. The van der Waals surface area contributed by atoms with Gasteiger partial charge in [-0.25, -0.2) is 0 Å². The molecule has 2 aromatic carbocycles. The van der Waals surface area contributed by atoms with Crippen molar-refractivity contribution in [2.24, 2.45) is 0 Å². The fourth-order valence-electron chi connectivity index (χ4n) is 2.46. The molecule has 0 aromatic heterocycles. The maximum Gasteiger partial charge on any atom is 0.119 e. The van der Waals surface area contributed by atoms with Crippen LogP contribution in [0.5, 0.6) is 11.5 Å². The zero-order valence-electron chi connectivity index (χ0n) is 12.7. The van der Waals surface area contributed by atoms with Crippen molar-refractivity contribution in [1.29, 1.82) is 0 Å². The van der Waals surface area contributed by atoms with Crippen LogP contribution < -0.4 is 5.32 Å². The number of aromatic hydroxyl groups is 2. The van der Waals surface area contributed by atoms with Gasteiger partial charge in [0.1, 0.15) is 11.5 Å². The molecule has 22 heavy (non-hydrogen) atoms. The largest absolute Gasteiger partial charge is 0.508 e. The van der Waals surface area contributed by atoms with E-state index in [9.17, 15) is 15.3 Å². The van der Waals surface area contributed by atoms with Crippen LogP contribution in [0.25, 0.3) is 0 Å². The molecule has 0 saturated carbocycles. The van der Waals surface area contributed by atoms with Gasteiger partial charge in [0.25, 0.3) is 0 Å². The quantitative estimate of drug-likeness (QED) is 0.593. The number of rotatable bonds is 7. The smallest absolute Gasteiger partial charge is 0.119 e. The molecule has 2 rings (SSSR count). The molecule has 4 N–H and O–H groups in total. The lowest BCUT2D eigenvalue weighted by Gasteiger charge is -2.21. The molecule has 4 nitrogen and oxygen atoms in total. The van der Waals surface area contributed by atoms with Gasteiger partial charge in [-0.1, -0.05) is 30.3 Å². The zero-order chi connectivity index (χ0) is 15.9. The fourth-order valence-corrected chi connectivity index (χ4v) is 2.46. The molecule has 2 atom stereocenters. The third kappa shape index (κ3) is 4.76. The highest BCUT2D eigenvalue weighted by molar-refractivity contribution is 5.38. The minimum absolute atomic E-state index is 0.0506. The van der Waals surface area contributed by atoms with Gasteiger partial charge in [-0.15, -0.1) is 0 Å². The van der Waals surface area contributed by atoms with E-state index < -0.39 is 6.10 Å². The molecule has 0 bridgehead atoms. The van der Waals surface area contributed by atoms with E-state index in [1.165, 1.54) is 23.8 Å². The van der Waals surface area contributed by atoms with E-state index in [4.69, 9.17) is 0 Å². The molecule has 118 valence electrons. The number of phenols is 2. The Morgan fingerprint density at radius 2 is 1.64 bits per heavy atom. The predicted molar refractivity (Wildman–Crippen MR) is 87.0 cm³/mol. The molecule has 0 radical (unpaired) electrons. The molecule has 0 amide bonds. The molecule has 0 aliphatic heterocycles. The summed E-state index contributed by atoms with van der Waals surface area (Å²) >= 11 is 0. The Morgan fingerprint density at radius 1 is 1.00 bits per heavy atom. The monoisotopic (exact) mass is 301 g/mol. The minimum Gasteiger partial charge on any atom is -0.508 e. The maximum absolute atomic E-state index is 10.3. The van der Waals surface area contributed by atoms with E-state index in [1.807, 2.05) is 25.1 Å². The van der Waals surface area contributed by atoms with Gasteiger partial charge in [0.05, 0.1) is 6.10 Å². The van der Waals surface area contributed by atoms with Gasteiger partial charge in [-0.2, -0.15) is 0 Å². The summed E-state index contributed by atoms with van der Waals surface area (Å²) < 4.78 is 0. The van der Waals surface area contributed by atoms with Gasteiger partial charge in [-0.05, 0) is 49.6 Å². The van der Waals surface area contributed by atoms with Crippen LogP contribution in [-0.2, 0) is 6.42 Å². The Labute approximate surface area is 131 Å². The number of benzene rings is 2. The van der Waals surface area contributed by atoms with Gasteiger partial charge in [0.15, 0.2) is 0 Å². The van der Waals surface area contributed by atoms with Crippen LogP contribution in [0.3, 0.4) is 0 Å². The van der Waals surface area contributed by atoms with Crippen LogP contribution in [0.2, 0.25) is 0 Å². The van der Waals surface area contributed by atoms with Gasteiger partial charge in [0.2, 0.25) is 0 Å². The van der Waals surface area contributed by atoms with Crippen LogP contribution in [0.15, 0.2) is 48.5 Å².